The number of anilines is 1. The zero-order valence-corrected chi connectivity index (χ0v) is 9.67. The van der Waals surface area contributed by atoms with Crippen LogP contribution in [0.25, 0.3) is 0 Å². The highest BCUT2D eigenvalue weighted by molar-refractivity contribution is 5.51. The number of ether oxygens (including phenoxy) is 1. The Morgan fingerprint density at radius 1 is 1.33 bits per heavy atom. The first-order chi connectivity index (χ1) is 7.04. The minimum absolute atomic E-state index is 0.120. The lowest BCUT2D eigenvalue weighted by Crippen LogP contribution is -2.29. The summed E-state index contributed by atoms with van der Waals surface area (Å²) in [5.41, 5.74) is 1.86. The molecule has 1 N–H and O–H groups in total. The summed E-state index contributed by atoms with van der Waals surface area (Å²) in [7, 11) is 1.68. The molecule has 84 valence electrons. The van der Waals surface area contributed by atoms with Crippen LogP contribution in [0.15, 0.2) is 18.2 Å². The molecule has 15 heavy (non-hydrogen) atoms. The molecule has 0 amide bonds. The predicted octanol–water partition coefficient (Wildman–Crippen LogP) is 2.97. The average Bonchev–Trinajstić information content (AvgIpc) is 2.20. The van der Waals surface area contributed by atoms with E-state index < -0.39 is 0 Å². The van der Waals surface area contributed by atoms with Crippen LogP contribution in [0.4, 0.5) is 10.1 Å². The van der Waals surface area contributed by atoms with E-state index in [2.05, 4.69) is 5.32 Å². The van der Waals surface area contributed by atoms with Gasteiger partial charge in [-0.05, 0) is 44.5 Å². The molecule has 0 fully saturated rings. The van der Waals surface area contributed by atoms with E-state index in [-0.39, 0.29) is 18.0 Å². The first kappa shape index (κ1) is 12.0. The third kappa shape index (κ3) is 3.20. The molecule has 0 radical (unpaired) electrons. The SMILES string of the molecule is COC(C)C(C)Nc1ccc(F)cc1C. The molecule has 0 heterocycles. The molecule has 0 bridgehead atoms. The van der Waals surface area contributed by atoms with Crippen LogP contribution in [0.2, 0.25) is 0 Å². The Kier molecular flexibility index (Phi) is 4.09. The highest BCUT2D eigenvalue weighted by Gasteiger charge is 2.11. The Labute approximate surface area is 90.4 Å². The van der Waals surface area contributed by atoms with Crippen LogP contribution in [0, 0.1) is 12.7 Å². The van der Waals surface area contributed by atoms with Crippen LogP contribution in [0.1, 0.15) is 19.4 Å². The molecule has 1 aromatic carbocycles. The minimum Gasteiger partial charge on any atom is -0.380 e. The van der Waals surface area contributed by atoms with Crippen molar-refractivity contribution in [3.63, 3.8) is 0 Å². The van der Waals surface area contributed by atoms with Gasteiger partial charge in [-0.25, -0.2) is 4.39 Å². The summed E-state index contributed by atoms with van der Waals surface area (Å²) in [4.78, 5) is 0. The normalized spacial score (nSPS) is 14.7. The van der Waals surface area contributed by atoms with Crippen LogP contribution in [-0.4, -0.2) is 19.3 Å². The number of nitrogens with one attached hydrogen (secondary N) is 1. The summed E-state index contributed by atoms with van der Waals surface area (Å²) in [5.74, 6) is -0.203. The highest BCUT2D eigenvalue weighted by atomic mass is 19.1. The molecule has 0 aliphatic heterocycles. The summed E-state index contributed by atoms with van der Waals surface area (Å²) in [6.07, 6.45) is 0.120. The Morgan fingerprint density at radius 2 is 2.00 bits per heavy atom. The van der Waals surface area contributed by atoms with Crippen LogP contribution in [-0.2, 0) is 4.74 Å². The lowest BCUT2D eigenvalue weighted by Gasteiger charge is -2.22. The number of methoxy groups -OCH3 is 1. The third-order valence-electron chi connectivity index (χ3n) is 2.65. The quantitative estimate of drug-likeness (QED) is 0.826. The van der Waals surface area contributed by atoms with Crippen molar-refractivity contribution < 1.29 is 9.13 Å². The number of hydrogen-bond donors (Lipinski definition) is 1. The Bertz CT molecular complexity index is 327. The van der Waals surface area contributed by atoms with E-state index in [1.807, 2.05) is 20.8 Å². The lowest BCUT2D eigenvalue weighted by atomic mass is 10.1. The number of hydrogen-bond acceptors (Lipinski definition) is 2. The fourth-order valence-corrected chi connectivity index (χ4v) is 1.36. The molecule has 2 nitrogen and oxygen atoms in total. The van der Waals surface area contributed by atoms with Gasteiger partial charge in [0, 0.05) is 18.8 Å². The molecule has 2 atom stereocenters. The average molecular weight is 211 g/mol. The predicted molar refractivity (Wildman–Crippen MR) is 60.7 cm³/mol. The smallest absolute Gasteiger partial charge is 0.123 e. The maximum Gasteiger partial charge on any atom is 0.123 e. The first-order valence-corrected chi connectivity index (χ1v) is 5.10. The molecule has 3 heteroatoms. The monoisotopic (exact) mass is 211 g/mol. The molecule has 2 unspecified atom stereocenters. The van der Waals surface area contributed by atoms with Crippen LogP contribution in [0.3, 0.4) is 0 Å². The molecule has 0 aliphatic carbocycles. The van der Waals surface area contributed by atoms with Crippen molar-refractivity contribution in [1.29, 1.82) is 0 Å². The number of rotatable bonds is 4. The van der Waals surface area contributed by atoms with Gasteiger partial charge in [0.15, 0.2) is 0 Å². The van der Waals surface area contributed by atoms with E-state index in [0.717, 1.165) is 11.3 Å². The van der Waals surface area contributed by atoms with Gasteiger partial charge in [0.05, 0.1) is 6.10 Å². The van der Waals surface area contributed by atoms with Crippen LogP contribution < -0.4 is 5.32 Å². The van der Waals surface area contributed by atoms with Gasteiger partial charge in [-0.3, -0.25) is 0 Å². The molecular formula is C12H18FNO. The third-order valence-corrected chi connectivity index (χ3v) is 2.65. The molecule has 1 aromatic rings. The maximum absolute atomic E-state index is 12.9. The fraction of sp³-hybridized carbons (Fsp3) is 0.500. The van der Waals surface area contributed by atoms with Gasteiger partial charge in [0.2, 0.25) is 0 Å². The Morgan fingerprint density at radius 3 is 2.53 bits per heavy atom. The highest BCUT2D eigenvalue weighted by Crippen LogP contribution is 2.17. The summed E-state index contributed by atoms with van der Waals surface area (Å²) >= 11 is 0. The van der Waals surface area contributed by atoms with Crippen molar-refractivity contribution in [2.75, 3.05) is 12.4 Å². The summed E-state index contributed by atoms with van der Waals surface area (Å²) in [5, 5.41) is 3.30. The second kappa shape index (κ2) is 5.12. The summed E-state index contributed by atoms with van der Waals surface area (Å²) in [6.45, 7) is 5.92. The Balaban J connectivity index is 2.72. The maximum atomic E-state index is 12.9. The molecule has 0 saturated heterocycles. The van der Waals surface area contributed by atoms with Crippen molar-refractivity contribution in [2.45, 2.75) is 32.9 Å². The lowest BCUT2D eigenvalue weighted by molar-refractivity contribution is 0.106. The standard InChI is InChI=1S/C12H18FNO/c1-8-7-11(13)5-6-12(8)14-9(2)10(3)15-4/h5-7,9-10,14H,1-4H3. The van der Waals surface area contributed by atoms with Gasteiger partial charge in [-0.15, -0.1) is 0 Å². The molecule has 0 saturated carbocycles. The molecule has 1 rings (SSSR count). The Hall–Kier alpha value is -1.09. The zero-order valence-electron chi connectivity index (χ0n) is 9.67. The van der Waals surface area contributed by atoms with Crippen LogP contribution >= 0.6 is 0 Å². The largest absolute Gasteiger partial charge is 0.380 e. The zero-order chi connectivity index (χ0) is 11.4. The van der Waals surface area contributed by atoms with Crippen molar-refractivity contribution in [2.24, 2.45) is 0 Å². The summed E-state index contributed by atoms with van der Waals surface area (Å²) < 4.78 is 18.1. The summed E-state index contributed by atoms with van der Waals surface area (Å²) in [6, 6.07) is 4.93. The van der Waals surface area contributed by atoms with E-state index in [1.54, 1.807) is 13.2 Å². The van der Waals surface area contributed by atoms with Gasteiger partial charge < -0.3 is 10.1 Å². The van der Waals surface area contributed by atoms with Gasteiger partial charge in [-0.2, -0.15) is 0 Å². The van der Waals surface area contributed by atoms with Crippen LogP contribution in [0.5, 0.6) is 0 Å². The number of aryl methyl sites for hydroxylation is 1. The van der Waals surface area contributed by atoms with Crippen molar-refractivity contribution in [3.05, 3.63) is 29.6 Å². The van der Waals surface area contributed by atoms with E-state index in [1.165, 1.54) is 12.1 Å². The van der Waals surface area contributed by atoms with Gasteiger partial charge >= 0.3 is 0 Å². The molecular weight excluding hydrogens is 193 g/mol. The first-order valence-electron chi connectivity index (χ1n) is 5.10. The molecule has 0 spiro atoms. The molecule has 0 aliphatic rings. The number of halogens is 1. The van der Waals surface area contributed by atoms with E-state index in [9.17, 15) is 4.39 Å². The van der Waals surface area contributed by atoms with E-state index in [4.69, 9.17) is 4.74 Å². The topological polar surface area (TPSA) is 21.3 Å². The minimum atomic E-state index is -0.203. The van der Waals surface area contributed by atoms with E-state index >= 15 is 0 Å². The van der Waals surface area contributed by atoms with Gasteiger partial charge in [0.1, 0.15) is 5.82 Å². The van der Waals surface area contributed by atoms with Crippen molar-refractivity contribution in [3.8, 4) is 0 Å². The van der Waals surface area contributed by atoms with Gasteiger partial charge in [0.25, 0.3) is 0 Å². The van der Waals surface area contributed by atoms with Crippen molar-refractivity contribution >= 4 is 5.69 Å². The number of benzene rings is 1. The second-order valence-corrected chi connectivity index (χ2v) is 3.83. The van der Waals surface area contributed by atoms with E-state index in [0.29, 0.717) is 0 Å². The van der Waals surface area contributed by atoms with Gasteiger partial charge in [-0.1, -0.05) is 0 Å². The second-order valence-electron chi connectivity index (χ2n) is 3.83. The fourth-order valence-electron chi connectivity index (χ4n) is 1.36. The molecule has 0 aromatic heterocycles. The van der Waals surface area contributed by atoms with Crippen molar-refractivity contribution in [1.82, 2.24) is 0 Å².